The molecule has 0 spiro atoms. The molecule has 1 aromatic rings. The molecule has 0 aliphatic rings. The molecule has 0 fully saturated rings. The van der Waals surface area contributed by atoms with Gasteiger partial charge < -0.3 is 19.5 Å². The van der Waals surface area contributed by atoms with Gasteiger partial charge in [0.1, 0.15) is 11.5 Å². The van der Waals surface area contributed by atoms with Gasteiger partial charge in [-0.05, 0) is 17.6 Å². The van der Waals surface area contributed by atoms with Crippen LogP contribution in [0.25, 0.3) is 0 Å². The minimum atomic E-state index is -1.51. The molecular formula is C10H17BO4. The summed E-state index contributed by atoms with van der Waals surface area (Å²) in [5, 5.41) is 17.8. The Morgan fingerprint density at radius 2 is 1.33 bits per heavy atom. The predicted octanol–water partition coefficient (Wildman–Crippen LogP) is 0.410. The average molecular weight is 212 g/mol. The van der Waals surface area contributed by atoms with Crippen LogP contribution in [0.5, 0.6) is 11.5 Å². The van der Waals surface area contributed by atoms with Crippen molar-refractivity contribution in [3.63, 3.8) is 0 Å². The van der Waals surface area contributed by atoms with Crippen LogP contribution in [-0.2, 0) is 0 Å². The Balaban J connectivity index is 0.000000921. The second-order valence-corrected chi connectivity index (χ2v) is 2.52. The molecule has 0 unspecified atom stereocenters. The highest BCUT2D eigenvalue weighted by Crippen LogP contribution is 2.17. The lowest BCUT2D eigenvalue weighted by atomic mass is 9.80. The van der Waals surface area contributed by atoms with Crippen molar-refractivity contribution in [2.24, 2.45) is 0 Å². The molecule has 84 valence electrons. The molecule has 5 heteroatoms. The Bertz CT molecular complexity index is 267. The smallest absolute Gasteiger partial charge is 0.488 e. The average Bonchev–Trinajstić information content (AvgIpc) is 2.30. The summed E-state index contributed by atoms with van der Waals surface area (Å²) >= 11 is 0. The van der Waals surface area contributed by atoms with Gasteiger partial charge in [-0.1, -0.05) is 13.8 Å². The number of methoxy groups -OCH3 is 2. The third-order valence-corrected chi connectivity index (χ3v) is 1.67. The van der Waals surface area contributed by atoms with E-state index >= 15 is 0 Å². The summed E-state index contributed by atoms with van der Waals surface area (Å²) in [6.45, 7) is 4.00. The number of hydrogen-bond donors (Lipinski definition) is 2. The van der Waals surface area contributed by atoms with Crippen molar-refractivity contribution in [2.45, 2.75) is 13.8 Å². The van der Waals surface area contributed by atoms with Gasteiger partial charge in [-0.3, -0.25) is 0 Å². The first-order chi connectivity index (χ1) is 7.17. The van der Waals surface area contributed by atoms with Gasteiger partial charge in [0, 0.05) is 6.07 Å². The lowest BCUT2D eigenvalue weighted by Gasteiger charge is -2.07. The van der Waals surface area contributed by atoms with Crippen LogP contribution in [-0.4, -0.2) is 31.4 Å². The van der Waals surface area contributed by atoms with E-state index in [1.54, 1.807) is 6.07 Å². The molecule has 0 radical (unpaired) electrons. The van der Waals surface area contributed by atoms with Crippen molar-refractivity contribution in [3.05, 3.63) is 18.2 Å². The summed E-state index contributed by atoms with van der Waals surface area (Å²) in [4.78, 5) is 0. The molecule has 0 bridgehead atoms. The van der Waals surface area contributed by atoms with Gasteiger partial charge in [0.15, 0.2) is 0 Å². The molecule has 0 amide bonds. The third kappa shape index (κ3) is 4.23. The van der Waals surface area contributed by atoms with E-state index < -0.39 is 7.12 Å². The number of hydrogen-bond acceptors (Lipinski definition) is 4. The second-order valence-electron chi connectivity index (χ2n) is 2.52. The minimum absolute atomic E-state index is 0.344. The Kier molecular flexibility index (Phi) is 6.57. The molecule has 0 aliphatic carbocycles. The molecule has 0 aromatic heterocycles. The highest BCUT2D eigenvalue weighted by atomic mass is 16.5. The van der Waals surface area contributed by atoms with E-state index in [-0.39, 0.29) is 0 Å². The summed E-state index contributed by atoms with van der Waals surface area (Å²) in [6.07, 6.45) is 0. The Morgan fingerprint density at radius 3 is 1.60 bits per heavy atom. The van der Waals surface area contributed by atoms with Crippen molar-refractivity contribution >= 4 is 12.6 Å². The molecule has 4 nitrogen and oxygen atoms in total. The van der Waals surface area contributed by atoms with Crippen LogP contribution < -0.4 is 14.9 Å². The van der Waals surface area contributed by atoms with Crippen molar-refractivity contribution < 1.29 is 19.5 Å². The first-order valence-corrected chi connectivity index (χ1v) is 4.76. The molecule has 2 N–H and O–H groups in total. The van der Waals surface area contributed by atoms with E-state index in [9.17, 15) is 0 Å². The van der Waals surface area contributed by atoms with Crippen LogP contribution >= 0.6 is 0 Å². The normalized spacial score (nSPS) is 8.67. The van der Waals surface area contributed by atoms with Crippen LogP contribution in [0.3, 0.4) is 0 Å². The topological polar surface area (TPSA) is 58.9 Å². The Labute approximate surface area is 90.6 Å². The molecular weight excluding hydrogens is 195 g/mol. The zero-order valence-corrected chi connectivity index (χ0v) is 9.52. The van der Waals surface area contributed by atoms with E-state index in [1.807, 2.05) is 13.8 Å². The van der Waals surface area contributed by atoms with Crippen LogP contribution in [0.1, 0.15) is 13.8 Å². The largest absolute Gasteiger partial charge is 0.497 e. The van der Waals surface area contributed by atoms with E-state index in [0.29, 0.717) is 17.0 Å². The van der Waals surface area contributed by atoms with Crippen LogP contribution in [0.4, 0.5) is 0 Å². The molecule has 0 saturated heterocycles. The lowest BCUT2D eigenvalue weighted by Crippen LogP contribution is -2.29. The maximum atomic E-state index is 8.91. The van der Waals surface area contributed by atoms with Crippen LogP contribution in [0.15, 0.2) is 18.2 Å². The molecule has 1 aromatic carbocycles. The number of ether oxygens (including phenoxy) is 2. The zero-order valence-electron chi connectivity index (χ0n) is 9.52. The highest BCUT2D eigenvalue weighted by Gasteiger charge is 2.13. The zero-order chi connectivity index (χ0) is 11.8. The fourth-order valence-corrected chi connectivity index (χ4v) is 0.979. The van der Waals surface area contributed by atoms with Crippen molar-refractivity contribution in [1.29, 1.82) is 0 Å². The fourth-order valence-electron chi connectivity index (χ4n) is 0.979. The van der Waals surface area contributed by atoms with E-state index in [1.165, 1.54) is 26.4 Å². The van der Waals surface area contributed by atoms with Gasteiger partial charge in [-0.15, -0.1) is 0 Å². The van der Waals surface area contributed by atoms with Gasteiger partial charge in [0.05, 0.1) is 14.2 Å². The van der Waals surface area contributed by atoms with Gasteiger partial charge in [0.2, 0.25) is 0 Å². The Hall–Kier alpha value is -1.20. The van der Waals surface area contributed by atoms with Crippen LogP contribution in [0.2, 0.25) is 0 Å². The van der Waals surface area contributed by atoms with Gasteiger partial charge in [-0.2, -0.15) is 0 Å². The number of benzene rings is 1. The summed E-state index contributed by atoms with van der Waals surface area (Å²) in [5.74, 6) is 1.06. The number of rotatable bonds is 3. The molecule has 1 rings (SSSR count). The van der Waals surface area contributed by atoms with E-state index in [0.717, 1.165) is 0 Å². The van der Waals surface area contributed by atoms with Gasteiger partial charge in [-0.25, -0.2) is 0 Å². The fraction of sp³-hybridized carbons (Fsp3) is 0.400. The first kappa shape index (κ1) is 13.8. The summed E-state index contributed by atoms with van der Waals surface area (Å²) < 4.78 is 9.89. The van der Waals surface area contributed by atoms with Crippen molar-refractivity contribution in [2.75, 3.05) is 14.2 Å². The summed E-state index contributed by atoms with van der Waals surface area (Å²) in [6, 6.07) is 4.73. The molecule has 0 saturated carbocycles. The van der Waals surface area contributed by atoms with E-state index in [2.05, 4.69) is 0 Å². The van der Waals surface area contributed by atoms with Crippen molar-refractivity contribution in [1.82, 2.24) is 0 Å². The standard InChI is InChI=1S/C8H11BO4.C2H6/c1-12-7-3-6(9(10)11)4-8(5-7)13-2;1-2/h3-5,10-11H,1-2H3;1-2H3. The SMILES string of the molecule is CC.COc1cc(OC)cc(B(O)O)c1. The molecule has 0 heterocycles. The van der Waals surface area contributed by atoms with E-state index in [4.69, 9.17) is 19.5 Å². The van der Waals surface area contributed by atoms with Crippen molar-refractivity contribution in [3.8, 4) is 11.5 Å². The summed E-state index contributed by atoms with van der Waals surface area (Å²) in [5.41, 5.74) is 0.344. The monoisotopic (exact) mass is 212 g/mol. The molecule has 0 atom stereocenters. The maximum absolute atomic E-state index is 8.91. The third-order valence-electron chi connectivity index (χ3n) is 1.67. The lowest BCUT2D eigenvalue weighted by molar-refractivity contribution is 0.392. The van der Waals surface area contributed by atoms with Crippen LogP contribution in [0, 0.1) is 0 Å². The predicted molar refractivity (Wildman–Crippen MR) is 60.7 cm³/mol. The molecule has 15 heavy (non-hydrogen) atoms. The minimum Gasteiger partial charge on any atom is -0.497 e. The maximum Gasteiger partial charge on any atom is 0.488 e. The highest BCUT2D eigenvalue weighted by molar-refractivity contribution is 6.58. The van der Waals surface area contributed by atoms with Gasteiger partial charge >= 0.3 is 7.12 Å². The summed E-state index contributed by atoms with van der Waals surface area (Å²) in [7, 11) is 1.49. The van der Waals surface area contributed by atoms with Gasteiger partial charge in [0.25, 0.3) is 0 Å². The quantitative estimate of drug-likeness (QED) is 0.712. The second kappa shape index (κ2) is 7.14. The Morgan fingerprint density at radius 1 is 0.933 bits per heavy atom. The first-order valence-electron chi connectivity index (χ1n) is 4.76. The molecule has 0 aliphatic heterocycles.